The minimum atomic E-state index is -0.209. The average molecular weight is 369 g/mol. The molecule has 2 aliphatic heterocycles. The van der Waals surface area contributed by atoms with Gasteiger partial charge in [-0.15, -0.1) is 0 Å². The molecule has 8 heteroatoms. The molecule has 1 aromatic rings. The van der Waals surface area contributed by atoms with Gasteiger partial charge in [-0.05, 0) is 12.5 Å². The molecule has 7 nitrogen and oxygen atoms in total. The zero-order valence-corrected chi connectivity index (χ0v) is 15.1. The number of nitrogens with one attached hydrogen (secondary N) is 1. The topological polar surface area (TPSA) is 103 Å². The van der Waals surface area contributed by atoms with Crippen molar-refractivity contribution in [2.45, 2.75) is 25.0 Å². The number of fused-ring (bicyclic) bond motifs is 1. The molecule has 1 fully saturated rings. The fraction of sp³-hybridized carbons (Fsp3) is 0.588. The molecule has 2 aliphatic rings. The second kappa shape index (κ2) is 7.78. The molecule has 1 saturated heterocycles. The Morgan fingerprint density at radius 3 is 3.08 bits per heavy atom. The monoisotopic (exact) mass is 368 g/mol. The van der Waals surface area contributed by atoms with E-state index in [0.717, 1.165) is 31.6 Å². The number of methoxy groups -OCH3 is 1. The molecule has 0 aliphatic carbocycles. The molecule has 0 radical (unpaired) electrons. The van der Waals surface area contributed by atoms with E-state index in [1.807, 2.05) is 0 Å². The SMILES string of the molecule is CO[C@@H]1CN(CCN)CC[C@@H]1NC(=O)c1cc(Cl)c(N)c2c1OCC2. The Bertz CT molecular complexity index is 655. The quantitative estimate of drug-likeness (QED) is 0.659. The molecule has 0 bridgehead atoms. The van der Waals surface area contributed by atoms with E-state index in [1.54, 1.807) is 13.2 Å². The maximum atomic E-state index is 12.8. The molecule has 25 heavy (non-hydrogen) atoms. The lowest BCUT2D eigenvalue weighted by molar-refractivity contribution is 0.00735. The van der Waals surface area contributed by atoms with E-state index in [1.165, 1.54) is 0 Å². The Balaban J connectivity index is 1.75. The lowest BCUT2D eigenvalue weighted by Crippen LogP contribution is -2.55. The number of anilines is 1. The van der Waals surface area contributed by atoms with Gasteiger partial charge >= 0.3 is 0 Å². The van der Waals surface area contributed by atoms with E-state index in [0.29, 0.717) is 41.6 Å². The summed E-state index contributed by atoms with van der Waals surface area (Å²) in [6.07, 6.45) is 1.39. The van der Waals surface area contributed by atoms with Gasteiger partial charge in [-0.2, -0.15) is 0 Å². The summed E-state index contributed by atoms with van der Waals surface area (Å²) < 4.78 is 11.2. The number of carbonyl (C=O) groups excluding carboxylic acids is 1. The molecular weight excluding hydrogens is 344 g/mol. The highest BCUT2D eigenvalue weighted by molar-refractivity contribution is 6.33. The first-order valence-electron chi connectivity index (χ1n) is 8.54. The Kier molecular flexibility index (Phi) is 5.68. The highest BCUT2D eigenvalue weighted by atomic mass is 35.5. The first-order valence-corrected chi connectivity index (χ1v) is 8.92. The van der Waals surface area contributed by atoms with Crippen LogP contribution in [0, 0.1) is 0 Å². The summed E-state index contributed by atoms with van der Waals surface area (Å²) in [6, 6.07) is 1.52. The van der Waals surface area contributed by atoms with Gasteiger partial charge in [-0.3, -0.25) is 9.69 Å². The largest absolute Gasteiger partial charge is 0.492 e. The highest BCUT2D eigenvalue weighted by Gasteiger charge is 2.32. The minimum absolute atomic E-state index is 0.0695. The predicted molar refractivity (Wildman–Crippen MR) is 97.2 cm³/mol. The second-order valence-corrected chi connectivity index (χ2v) is 6.87. The molecule has 2 heterocycles. The van der Waals surface area contributed by atoms with E-state index in [2.05, 4.69) is 10.2 Å². The van der Waals surface area contributed by atoms with Gasteiger partial charge in [-0.1, -0.05) is 11.6 Å². The van der Waals surface area contributed by atoms with Crippen LogP contribution >= 0.6 is 11.6 Å². The maximum absolute atomic E-state index is 12.8. The maximum Gasteiger partial charge on any atom is 0.255 e. The van der Waals surface area contributed by atoms with E-state index in [-0.39, 0.29) is 18.1 Å². The Hall–Kier alpha value is -1.54. The number of benzene rings is 1. The number of nitrogens with zero attached hydrogens (tertiary/aromatic N) is 1. The number of likely N-dealkylation sites (tertiary alicyclic amines) is 1. The van der Waals surface area contributed by atoms with Crippen molar-refractivity contribution < 1.29 is 14.3 Å². The molecule has 0 aromatic heterocycles. The fourth-order valence-electron chi connectivity index (χ4n) is 3.55. The molecule has 5 N–H and O–H groups in total. The number of amides is 1. The first kappa shape index (κ1) is 18.3. The van der Waals surface area contributed by atoms with Crippen molar-refractivity contribution in [3.8, 4) is 5.75 Å². The van der Waals surface area contributed by atoms with Crippen LogP contribution in [0.2, 0.25) is 5.02 Å². The van der Waals surface area contributed by atoms with Gasteiger partial charge in [0.15, 0.2) is 0 Å². The second-order valence-electron chi connectivity index (χ2n) is 6.46. The number of ether oxygens (including phenoxy) is 2. The van der Waals surface area contributed by atoms with E-state index < -0.39 is 0 Å². The summed E-state index contributed by atoms with van der Waals surface area (Å²) in [5, 5.41) is 3.46. The van der Waals surface area contributed by atoms with Crippen molar-refractivity contribution in [3.05, 3.63) is 22.2 Å². The normalized spacial score (nSPS) is 23.2. The third-order valence-electron chi connectivity index (χ3n) is 4.92. The summed E-state index contributed by atoms with van der Waals surface area (Å²) in [5.41, 5.74) is 13.4. The summed E-state index contributed by atoms with van der Waals surface area (Å²) in [4.78, 5) is 15.1. The molecular formula is C17H25ClN4O3. The smallest absolute Gasteiger partial charge is 0.255 e. The summed E-state index contributed by atoms with van der Waals surface area (Å²) in [6.45, 7) is 3.57. The molecule has 0 spiro atoms. The van der Waals surface area contributed by atoms with E-state index >= 15 is 0 Å². The number of hydrogen-bond donors (Lipinski definition) is 3. The number of carbonyl (C=O) groups is 1. The van der Waals surface area contributed by atoms with Crippen LogP contribution in [0.15, 0.2) is 6.07 Å². The number of hydrogen-bond acceptors (Lipinski definition) is 6. The molecule has 0 unspecified atom stereocenters. The summed E-state index contributed by atoms with van der Waals surface area (Å²) in [7, 11) is 1.66. The van der Waals surface area contributed by atoms with Gasteiger partial charge < -0.3 is 26.3 Å². The minimum Gasteiger partial charge on any atom is -0.492 e. The van der Waals surface area contributed by atoms with E-state index in [4.69, 9.17) is 32.5 Å². The standard InChI is InChI=1S/C17H25ClN4O3/c1-24-14-9-22(6-4-19)5-2-13(14)21-17(23)11-8-12(18)15(20)10-3-7-25-16(10)11/h8,13-14H,2-7,9,19-20H2,1H3,(H,21,23)/t13-,14+/m0/s1. The van der Waals surface area contributed by atoms with Crippen LogP contribution in [0.3, 0.4) is 0 Å². The van der Waals surface area contributed by atoms with Crippen LogP contribution in [0.25, 0.3) is 0 Å². The van der Waals surface area contributed by atoms with Crippen LogP contribution in [0.4, 0.5) is 5.69 Å². The third-order valence-corrected chi connectivity index (χ3v) is 5.24. The van der Waals surface area contributed by atoms with Crippen LogP contribution in [-0.2, 0) is 11.2 Å². The lowest BCUT2D eigenvalue weighted by atomic mass is 10.00. The Morgan fingerprint density at radius 1 is 1.56 bits per heavy atom. The van der Waals surface area contributed by atoms with Gasteiger partial charge in [0.05, 0.1) is 35.0 Å². The van der Waals surface area contributed by atoms with Gasteiger partial charge in [0, 0.05) is 45.3 Å². The first-order chi connectivity index (χ1) is 12.0. The van der Waals surface area contributed by atoms with Crippen molar-refractivity contribution in [3.63, 3.8) is 0 Å². The molecule has 3 rings (SSSR count). The molecule has 1 aromatic carbocycles. The summed E-state index contributed by atoms with van der Waals surface area (Å²) >= 11 is 6.19. The van der Waals surface area contributed by atoms with E-state index in [9.17, 15) is 4.79 Å². The van der Waals surface area contributed by atoms with Crippen molar-refractivity contribution in [1.29, 1.82) is 0 Å². The number of nitrogens with two attached hydrogens (primary N) is 2. The van der Waals surface area contributed by atoms with Gasteiger partial charge in [-0.25, -0.2) is 0 Å². The fourth-order valence-corrected chi connectivity index (χ4v) is 3.78. The number of rotatable bonds is 5. The molecule has 0 saturated carbocycles. The van der Waals surface area contributed by atoms with Crippen molar-refractivity contribution in [2.24, 2.45) is 5.73 Å². The number of nitrogen functional groups attached to an aromatic ring is 1. The predicted octanol–water partition coefficient (Wildman–Crippen LogP) is 0.635. The van der Waals surface area contributed by atoms with Crippen LogP contribution in [0.1, 0.15) is 22.3 Å². The zero-order chi connectivity index (χ0) is 18.0. The number of halogens is 1. The average Bonchev–Trinajstić information content (AvgIpc) is 3.09. The summed E-state index contributed by atoms with van der Waals surface area (Å²) in [5.74, 6) is 0.341. The van der Waals surface area contributed by atoms with Gasteiger partial charge in [0.2, 0.25) is 0 Å². The molecule has 1 amide bonds. The Morgan fingerprint density at radius 2 is 2.36 bits per heavy atom. The van der Waals surface area contributed by atoms with Gasteiger partial charge in [0.25, 0.3) is 5.91 Å². The van der Waals surface area contributed by atoms with Crippen molar-refractivity contribution in [2.75, 3.05) is 45.6 Å². The molecule has 2 atom stereocenters. The van der Waals surface area contributed by atoms with Crippen LogP contribution < -0.4 is 21.5 Å². The van der Waals surface area contributed by atoms with Crippen LogP contribution in [0.5, 0.6) is 5.75 Å². The third kappa shape index (κ3) is 3.69. The van der Waals surface area contributed by atoms with Crippen molar-refractivity contribution >= 4 is 23.2 Å². The van der Waals surface area contributed by atoms with Crippen LogP contribution in [-0.4, -0.2) is 62.8 Å². The highest BCUT2D eigenvalue weighted by Crippen LogP contribution is 2.38. The zero-order valence-electron chi connectivity index (χ0n) is 14.4. The number of piperidine rings is 1. The Labute approximate surface area is 152 Å². The lowest BCUT2D eigenvalue weighted by Gasteiger charge is -2.38. The molecule has 138 valence electrons. The van der Waals surface area contributed by atoms with Crippen molar-refractivity contribution in [1.82, 2.24) is 10.2 Å². The van der Waals surface area contributed by atoms with Gasteiger partial charge in [0.1, 0.15) is 5.75 Å².